The van der Waals surface area contributed by atoms with E-state index in [-0.39, 0.29) is 25.6 Å². The smallest absolute Gasteiger partial charge is 0.414 e. The molecule has 1 aromatic heterocycles. The van der Waals surface area contributed by atoms with Crippen LogP contribution in [-0.2, 0) is 11.3 Å². The lowest BCUT2D eigenvalue weighted by Crippen LogP contribution is -2.41. The zero-order chi connectivity index (χ0) is 26.3. The zero-order valence-corrected chi connectivity index (χ0v) is 21.3. The molecule has 0 fully saturated rings. The summed E-state index contributed by atoms with van der Waals surface area (Å²) in [5, 5.41) is 3.95. The van der Waals surface area contributed by atoms with Crippen LogP contribution in [0.2, 0.25) is 0 Å². The van der Waals surface area contributed by atoms with Crippen LogP contribution in [-0.4, -0.2) is 35.7 Å². The number of anilines is 1. The first-order valence-corrected chi connectivity index (χ1v) is 12.2. The number of aromatic nitrogens is 1. The average Bonchev–Trinajstić information content (AvgIpc) is 2.89. The van der Waals surface area contributed by atoms with E-state index in [0.717, 1.165) is 16.6 Å². The molecule has 37 heavy (non-hydrogen) atoms. The average molecular weight is 498 g/mol. The SMILES string of the molecule is CC(C)(C)OC(=O)N(CCNC(=O)c1cccc(OCc2ccc3ccccc3n2)c1)c1ccccc1. The summed E-state index contributed by atoms with van der Waals surface area (Å²) < 4.78 is 11.5. The molecule has 7 heteroatoms. The maximum atomic E-state index is 12.8. The molecule has 2 amide bonds. The number of hydrogen-bond donors (Lipinski definition) is 1. The molecule has 7 nitrogen and oxygen atoms in total. The Kier molecular flexibility index (Phi) is 8.03. The lowest BCUT2D eigenvalue weighted by Gasteiger charge is -2.27. The lowest BCUT2D eigenvalue weighted by molar-refractivity contribution is 0.0579. The summed E-state index contributed by atoms with van der Waals surface area (Å²) in [6.45, 7) is 6.26. The summed E-state index contributed by atoms with van der Waals surface area (Å²) in [6, 6.07) is 28.1. The maximum Gasteiger partial charge on any atom is 0.414 e. The lowest BCUT2D eigenvalue weighted by atomic mass is 10.2. The molecule has 4 rings (SSSR count). The van der Waals surface area contributed by atoms with Gasteiger partial charge in [0.15, 0.2) is 0 Å². The number of benzene rings is 3. The van der Waals surface area contributed by atoms with Crippen LogP contribution in [0.15, 0.2) is 91.0 Å². The molecule has 0 spiro atoms. The van der Waals surface area contributed by atoms with Gasteiger partial charge in [0, 0.05) is 29.7 Å². The van der Waals surface area contributed by atoms with Crippen molar-refractivity contribution in [3.05, 3.63) is 102 Å². The number of ether oxygens (including phenoxy) is 2. The third-order valence-electron chi connectivity index (χ3n) is 5.44. The molecule has 0 unspecified atom stereocenters. The second-order valence-electron chi connectivity index (χ2n) is 9.54. The number of hydrogen-bond acceptors (Lipinski definition) is 5. The Hall–Kier alpha value is -4.39. The van der Waals surface area contributed by atoms with Crippen LogP contribution >= 0.6 is 0 Å². The number of carbonyl (C=O) groups excluding carboxylic acids is 2. The number of pyridine rings is 1. The van der Waals surface area contributed by atoms with Gasteiger partial charge in [-0.05, 0) is 63.2 Å². The van der Waals surface area contributed by atoms with E-state index in [1.807, 2.05) is 87.5 Å². The van der Waals surface area contributed by atoms with Gasteiger partial charge < -0.3 is 14.8 Å². The number of nitrogens with zero attached hydrogens (tertiary/aromatic N) is 2. The van der Waals surface area contributed by atoms with E-state index >= 15 is 0 Å². The second-order valence-corrected chi connectivity index (χ2v) is 9.54. The summed E-state index contributed by atoms with van der Waals surface area (Å²) in [5.74, 6) is 0.314. The fraction of sp³-hybridized carbons (Fsp3) is 0.233. The normalized spacial score (nSPS) is 11.1. The molecule has 0 saturated carbocycles. The highest BCUT2D eigenvalue weighted by molar-refractivity contribution is 5.94. The predicted octanol–water partition coefficient (Wildman–Crippen LogP) is 5.99. The first-order chi connectivity index (χ1) is 17.8. The molecule has 0 radical (unpaired) electrons. The topological polar surface area (TPSA) is 80.8 Å². The van der Waals surface area contributed by atoms with E-state index in [2.05, 4.69) is 10.3 Å². The van der Waals surface area contributed by atoms with Crippen LogP contribution in [0, 0.1) is 0 Å². The van der Waals surface area contributed by atoms with Crippen LogP contribution in [0.1, 0.15) is 36.8 Å². The van der Waals surface area contributed by atoms with Crippen molar-refractivity contribution in [3.63, 3.8) is 0 Å². The molecular formula is C30H31N3O4. The van der Waals surface area contributed by atoms with Gasteiger partial charge >= 0.3 is 6.09 Å². The van der Waals surface area contributed by atoms with E-state index in [1.165, 1.54) is 4.90 Å². The summed E-state index contributed by atoms with van der Waals surface area (Å²) in [6.07, 6.45) is -0.467. The van der Waals surface area contributed by atoms with Crippen molar-refractivity contribution >= 4 is 28.6 Å². The van der Waals surface area contributed by atoms with Crippen LogP contribution in [0.5, 0.6) is 5.75 Å². The predicted molar refractivity (Wildman–Crippen MR) is 145 cm³/mol. The van der Waals surface area contributed by atoms with Gasteiger partial charge in [-0.25, -0.2) is 9.78 Å². The van der Waals surface area contributed by atoms with Crippen LogP contribution in [0.4, 0.5) is 10.5 Å². The molecule has 1 N–H and O–H groups in total. The van der Waals surface area contributed by atoms with Gasteiger partial charge in [-0.1, -0.05) is 48.5 Å². The van der Waals surface area contributed by atoms with Gasteiger partial charge in [0.05, 0.1) is 11.2 Å². The first kappa shape index (κ1) is 25.7. The van der Waals surface area contributed by atoms with Gasteiger partial charge in [0.2, 0.25) is 0 Å². The van der Waals surface area contributed by atoms with Gasteiger partial charge in [0.25, 0.3) is 5.91 Å². The van der Waals surface area contributed by atoms with Crippen molar-refractivity contribution in [2.24, 2.45) is 0 Å². The van der Waals surface area contributed by atoms with E-state index < -0.39 is 11.7 Å². The van der Waals surface area contributed by atoms with E-state index in [9.17, 15) is 9.59 Å². The summed E-state index contributed by atoms with van der Waals surface area (Å²) in [5.41, 5.74) is 2.25. The monoisotopic (exact) mass is 497 g/mol. The highest BCUT2D eigenvalue weighted by Gasteiger charge is 2.23. The molecule has 0 aliphatic heterocycles. The summed E-state index contributed by atoms with van der Waals surface area (Å²) in [7, 11) is 0. The van der Waals surface area contributed by atoms with Crippen molar-refractivity contribution in [2.45, 2.75) is 33.0 Å². The number of amides is 2. The second kappa shape index (κ2) is 11.6. The number of para-hydroxylation sites is 2. The van der Waals surface area contributed by atoms with E-state index in [4.69, 9.17) is 9.47 Å². The largest absolute Gasteiger partial charge is 0.487 e. The van der Waals surface area contributed by atoms with Crippen molar-refractivity contribution in [1.82, 2.24) is 10.3 Å². The van der Waals surface area contributed by atoms with Crippen LogP contribution < -0.4 is 15.0 Å². The Bertz CT molecular complexity index is 1370. The Morgan fingerprint density at radius 2 is 1.65 bits per heavy atom. The summed E-state index contributed by atoms with van der Waals surface area (Å²) in [4.78, 5) is 31.7. The molecule has 190 valence electrons. The zero-order valence-electron chi connectivity index (χ0n) is 21.3. The van der Waals surface area contributed by atoms with Crippen LogP contribution in [0.25, 0.3) is 10.9 Å². The Morgan fingerprint density at radius 1 is 0.892 bits per heavy atom. The molecule has 1 heterocycles. The Labute approximate surface area is 217 Å². The summed E-state index contributed by atoms with van der Waals surface area (Å²) >= 11 is 0. The molecule has 0 aliphatic carbocycles. The molecule has 0 atom stereocenters. The van der Waals surface area contributed by atoms with Crippen molar-refractivity contribution in [1.29, 1.82) is 0 Å². The quantitative estimate of drug-likeness (QED) is 0.324. The van der Waals surface area contributed by atoms with Gasteiger partial charge in [-0.15, -0.1) is 0 Å². The first-order valence-electron chi connectivity index (χ1n) is 12.2. The van der Waals surface area contributed by atoms with Gasteiger partial charge in [-0.2, -0.15) is 0 Å². The van der Waals surface area contributed by atoms with Gasteiger partial charge in [-0.3, -0.25) is 9.69 Å². The number of rotatable bonds is 8. The highest BCUT2D eigenvalue weighted by atomic mass is 16.6. The third-order valence-corrected chi connectivity index (χ3v) is 5.44. The maximum absolute atomic E-state index is 12.8. The van der Waals surface area contributed by atoms with Crippen LogP contribution in [0.3, 0.4) is 0 Å². The van der Waals surface area contributed by atoms with Crippen molar-refractivity contribution < 1.29 is 19.1 Å². The van der Waals surface area contributed by atoms with Gasteiger partial charge in [0.1, 0.15) is 18.0 Å². The van der Waals surface area contributed by atoms with Crippen molar-refractivity contribution in [3.8, 4) is 5.75 Å². The molecule has 4 aromatic rings. The minimum atomic E-state index is -0.629. The highest BCUT2D eigenvalue weighted by Crippen LogP contribution is 2.19. The van der Waals surface area contributed by atoms with E-state index in [0.29, 0.717) is 17.0 Å². The standard InChI is InChI=1S/C30H31N3O4/c1-30(2,3)37-29(35)33(25-12-5-4-6-13-25)19-18-31-28(34)23-11-9-14-26(20-23)36-21-24-17-16-22-10-7-8-15-27(22)32-24/h4-17,20H,18-19,21H2,1-3H3,(H,31,34). The third kappa shape index (κ3) is 7.30. The number of carbonyl (C=O) groups is 2. The minimum absolute atomic E-state index is 0.249. The molecule has 0 bridgehead atoms. The Morgan fingerprint density at radius 3 is 2.43 bits per heavy atom. The number of fused-ring (bicyclic) bond motifs is 1. The molecular weight excluding hydrogens is 466 g/mol. The fourth-order valence-corrected chi connectivity index (χ4v) is 3.71. The molecule has 0 aliphatic rings. The van der Waals surface area contributed by atoms with E-state index in [1.54, 1.807) is 24.3 Å². The Balaban J connectivity index is 1.35. The fourth-order valence-electron chi connectivity index (χ4n) is 3.71. The molecule has 0 saturated heterocycles. The van der Waals surface area contributed by atoms with Crippen molar-refractivity contribution in [2.75, 3.05) is 18.0 Å². The number of nitrogens with one attached hydrogen (secondary N) is 1. The minimum Gasteiger partial charge on any atom is -0.487 e. The molecule has 3 aromatic carbocycles.